The van der Waals surface area contributed by atoms with E-state index in [2.05, 4.69) is 20.2 Å². The molecule has 2 saturated heterocycles. The number of benzene rings is 1. The topological polar surface area (TPSA) is 92.7 Å². The van der Waals surface area contributed by atoms with Crippen molar-refractivity contribution in [2.75, 3.05) is 30.4 Å². The molecule has 184 valence electrons. The number of carbonyl (C=O) groups excluding carboxylic acids is 1. The van der Waals surface area contributed by atoms with Gasteiger partial charge in [0, 0.05) is 19.2 Å². The zero-order chi connectivity index (χ0) is 24.9. The van der Waals surface area contributed by atoms with E-state index in [1.165, 1.54) is 25.6 Å². The summed E-state index contributed by atoms with van der Waals surface area (Å²) in [6, 6.07) is 6.62. The highest BCUT2D eigenvalue weighted by atomic mass is 35.5. The Kier molecular flexibility index (Phi) is 5.79. The van der Waals surface area contributed by atoms with E-state index in [4.69, 9.17) is 26.1 Å². The predicted octanol–water partition coefficient (Wildman–Crippen LogP) is 4.77. The summed E-state index contributed by atoms with van der Waals surface area (Å²) in [6.07, 6.45) is 1.97. The summed E-state index contributed by atoms with van der Waals surface area (Å²) in [7, 11) is 1.46. The van der Waals surface area contributed by atoms with Gasteiger partial charge < -0.3 is 24.6 Å². The number of halogens is 2. The molecule has 2 atom stereocenters. The van der Waals surface area contributed by atoms with Gasteiger partial charge in [-0.25, -0.2) is 24.1 Å². The van der Waals surface area contributed by atoms with Gasteiger partial charge in [-0.15, -0.1) is 0 Å². The molecule has 2 fully saturated rings. The molecule has 0 saturated carbocycles. The van der Waals surface area contributed by atoms with Crippen molar-refractivity contribution in [3.8, 4) is 5.75 Å². The lowest BCUT2D eigenvalue weighted by molar-refractivity contribution is 0.0214. The first-order valence-corrected chi connectivity index (χ1v) is 11.7. The summed E-state index contributed by atoms with van der Waals surface area (Å²) in [4.78, 5) is 30.0. The van der Waals surface area contributed by atoms with Crippen LogP contribution in [-0.2, 0) is 4.74 Å². The van der Waals surface area contributed by atoms with Crippen LogP contribution in [0.2, 0.25) is 5.02 Å². The monoisotopic (exact) mass is 500 g/mol. The third kappa shape index (κ3) is 4.50. The van der Waals surface area contributed by atoms with E-state index >= 15 is 0 Å². The van der Waals surface area contributed by atoms with Gasteiger partial charge in [0.1, 0.15) is 34.8 Å². The molecular weight excluding hydrogens is 475 g/mol. The number of hydrogen-bond acceptors (Lipinski definition) is 8. The Bertz CT molecular complexity index is 1300. The molecule has 9 nitrogen and oxygen atoms in total. The fourth-order valence-electron chi connectivity index (χ4n) is 4.58. The van der Waals surface area contributed by atoms with Crippen LogP contribution >= 0.6 is 11.6 Å². The molecule has 1 amide bonds. The van der Waals surface area contributed by atoms with Gasteiger partial charge in [0.25, 0.3) is 0 Å². The number of rotatable bonds is 4. The third-order valence-corrected chi connectivity index (χ3v) is 6.42. The standard InChI is InChI=1S/C24H26ClFN6O3/c1-24(2,3)35-23(33)32-11-13-7-14(32)10-31(13)20-6-5-17-21(30-20)22(28-12-27-17)29-18-9-19(34-4)15(25)8-16(18)26/h5-6,8-9,12-14H,7,10-11H2,1-4H3,(H,27,28,29)/t13-,14-/m0/s1. The van der Waals surface area contributed by atoms with E-state index in [-0.39, 0.29) is 28.9 Å². The van der Waals surface area contributed by atoms with Gasteiger partial charge in [-0.2, -0.15) is 0 Å². The van der Waals surface area contributed by atoms with Crippen molar-refractivity contribution >= 4 is 46.1 Å². The predicted molar refractivity (Wildman–Crippen MR) is 131 cm³/mol. The molecule has 1 N–H and O–H groups in total. The van der Waals surface area contributed by atoms with Crippen molar-refractivity contribution in [1.29, 1.82) is 0 Å². The smallest absolute Gasteiger partial charge is 0.410 e. The fourth-order valence-corrected chi connectivity index (χ4v) is 4.81. The lowest BCUT2D eigenvalue weighted by Gasteiger charge is -2.35. The second-order valence-corrected chi connectivity index (χ2v) is 10.1. The number of fused-ring (bicyclic) bond motifs is 3. The average Bonchev–Trinajstić information content (AvgIpc) is 3.41. The number of likely N-dealkylation sites (tertiary alicyclic amines) is 1. The largest absolute Gasteiger partial charge is 0.495 e. The number of hydrogen-bond donors (Lipinski definition) is 1. The number of anilines is 3. The molecule has 0 radical (unpaired) electrons. The summed E-state index contributed by atoms with van der Waals surface area (Å²) in [5, 5.41) is 3.17. The van der Waals surface area contributed by atoms with Crippen molar-refractivity contribution in [2.24, 2.45) is 0 Å². The van der Waals surface area contributed by atoms with Crippen LogP contribution in [0.25, 0.3) is 11.0 Å². The zero-order valence-electron chi connectivity index (χ0n) is 19.9. The van der Waals surface area contributed by atoms with Crippen LogP contribution in [0.1, 0.15) is 27.2 Å². The number of pyridine rings is 1. The number of nitrogens with zero attached hydrogens (tertiary/aromatic N) is 5. The van der Waals surface area contributed by atoms with Gasteiger partial charge >= 0.3 is 6.09 Å². The number of amides is 1. The highest BCUT2D eigenvalue weighted by Gasteiger charge is 2.47. The molecule has 0 spiro atoms. The van der Waals surface area contributed by atoms with Crippen LogP contribution in [-0.4, -0.2) is 63.8 Å². The molecule has 2 aromatic heterocycles. The number of carbonyl (C=O) groups is 1. The van der Waals surface area contributed by atoms with Crippen molar-refractivity contribution in [3.63, 3.8) is 0 Å². The summed E-state index contributed by atoms with van der Waals surface area (Å²) in [6.45, 7) is 6.83. The normalized spacial score (nSPS) is 19.4. The molecule has 1 aromatic carbocycles. The first kappa shape index (κ1) is 23.3. The van der Waals surface area contributed by atoms with Crippen molar-refractivity contribution in [1.82, 2.24) is 19.9 Å². The van der Waals surface area contributed by atoms with Gasteiger partial charge in [-0.1, -0.05) is 11.6 Å². The molecule has 2 bridgehead atoms. The average molecular weight is 501 g/mol. The minimum absolute atomic E-state index is 0.0626. The minimum atomic E-state index is -0.544. The third-order valence-electron chi connectivity index (χ3n) is 6.12. The number of methoxy groups -OCH3 is 1. The Morgan fingerprint density at radius 2 is 2.00 bits per heavy atom. The maximum Gasteiger partial charge on any atom is 0.410 e. The van der Waals surface area contributed by atoms with Gasteiger partial charge in [0.2, 0.25) is 0 Å². The first-order chi connectivity index (χ1) is 16.6. The van der Waals surface area contributed by atoms with E-state index < -0.39 is 11.4 Å². The summed E-state index contributed by atoms with van der Waals surface area (Å²) in [5.41, 5.74) is 0.749. The maximum absolute atomic E-state index is 14.6. The lowest BCUT2D eigenvalue weighted by atomic mass is 10.2. The minimum Gasteiger partial charge on any atom is -0.495 e. The van der Waals surface area contributed by atoms with Gasteiger partial charge in [0.15, 0.2) is 5.82 Å². The van der Waals surface area contributed by atoms with Gasteiger partial charge in [0.05, 0.1) is 35.4 Å². The van der Waals surface area contributed by atoms with Crippen LogP contribution < -0.4 is 15.0 Å². The van der Waals surface area contributed by atoms with Crippen molar-refractivity contribution in [3.05, 3.63) is 41.4 Å². The van der Waals surface area contributed by atoms with Gasteiger partial charge in [-0.05, 0) is 45.4 Å². The number of piperazine rings is 1. The Hall–Kier alpha value is -3.40. The molecule has 35 heavy (non-hydrogen) atoms. The van der Waals surface area contributed by atoms with E-state index in [1.807, 2.05) is 32.9 Å². The highest BCUT2D eigenvalue weighted by Crippen LogP contribution is 2.36. The summed E-state index contributed by atoms with van der Waals surface area (Å²) < 4.78 is 25.3. The second kappa shape index (κ2) is 8.67. The lowest BCUT2D eigenvalue weighted by Crippen LogP contribution is -2.50. The van der Waals surface area contributed by atoms with Gasteiger partial charge in [-0.3, -0.25) is 0 Å². The SMILES string of the molecule is COc1cc(Nc2ncnc3ccc(N4C[C@@H]5C[C@H]4CN5C(=O)OC(C)(C)C)nc23)c(F)cc1Cl. The van der Waals surface area contributed by atoms with Crippen LogP contribution in [0.5, 0.6) is 5.75 Å². The summed E-state index contributed by atoms with van der Waals surface area (Å²) in [5.74, 6) is 0.906. The molecule has 0 unspecified atom stereocenters. The molecule has 2 aliphatic rings. The number of aromatic nitrogens is 3. The zero-order valence-corrected chi connectivity index (χ0v) is 20.6. The number of nitrogens with one attached hydrogen (secondary N) is 1. The fraction of sp³-hybridized carbons (Fsp3) is 0.417. The highest BCUT2D eigenvalue weighted by molar-refractivity contribution is 6.32. The molecule has 3 aromatic rings. The van der Waals surface area contributed by atoms with Crippen LogP contribution in [0.15, 0.2) is 30.6 Å². The summed E-state index contributed by atoms with van der Waals surface area (Å²) >= 11 is 6.02. The molecule has 5 rings (SSSR count). The van der Waals surface area contributed by atoms with Crippen molar-refractivity contribution in [2.45, 2.75) is 44.9 Å². The Balaban J connectivity index is 1.40. The maximum atomic E-state index is 14.6. The van der Waals surface area contributed by atoms with Crippen LogP contribution in [0.4, 0.5) is 26.5 Å². The molecular formula is C24H26ClFN6O3. The van der Waals surface area contributed by atoms with E-state index in [0.717, 1.165) is 12.2 Å². The second-order valence-electron chi connectivity index (χ2n) is 9.68. The molecule has 4 heterocycles. The van der Waals surface area contributed by atoms with E-state index in [1.54, 1.807) is 4.90 Å². The van der Waals surface area contributed by atoms with Crippen molar-refractivity contribution < 1.29 is 18.7 Å². The van der Waals surface area contributed by atoms with Crippen LogP contribution in [0.3, 0.4) is 0 Å². The molecule has 11 heteroatoms. The number of ether oxygens (including phenoxy) is 2. The Labute approximate surface area is 207 Å². The molecule has 0 aliphatic carbocycles. The van der Waals surface area contributed by atoms with E-state index in [9.17, 15) is 9.18 Å². The van der Waals surface area contributed by atoms with E-state index in [0.29, 0.717) is 35.7 Å². The molecule has 2 aliphatic heterocycles. The Morgan fingerprint density at radius 1 is 1.20 bits per heavy atom. The first-order valence-electron chi connectivity index (χ1n) is 11.3. The Morgan fingerprint density at radius 3 is 2.69 bits per heavy atom. The van der Waals surface area contributed by atoms with Crippen LogP contribution in [0, 0.1) is 5.82 Å². The quantitative estimate of drug-likeness (QED) is 0.547.